The van der Waals surface area contributed by atoms with Gasteiger partial charge in [-0.05, 0) is 80.5 Å². The van der Waals surface area contributed by atoms with Crippen LogP contribution in [0.15, 0.2) is 11.6 Å². The Bertz CT molecular complexity index is 1230. The average molecular weight is 695 g/mol. The molecule has 11 heteroatoms. The summed E-state index contributed by atoms with van der Waals surface area (Å²) < 4.78 is 24.4. The van der Waals surface area contributed by atoms with E-state index in [0.717, 1.165) is 44.9 Å². The highest BCUT2D eigenvalue weighted by molar-refractivity contribution is 5.82. The summed E-state index contributed by atoms with van der Waals surface area (Å²) >= 11 is 0. The third-order valence-electron chi connectivity index (χ3n) is 14.3. The van der Waals surface area contributed by atoms with E-state index in [1.54, 1.807) is 6.92 Å². The molecule has 9 unspecified atom stereocenters. The SMILES string of the molecule is CC(C)CCC(=O)[C@@H](C)[C@@]1(O)[C@@H](OC2OCC(O)C(OC3OCC(O)C(O)C3O)C2C)C[C@H]2[C@@H]3CC=C4C[C@@H](O)CC[C@]4(C)C3CC[C@@]21C. The molecule has 5 fully saturated rings. The van der Waals surface area contributed by atoms with Crippen molar-refractivity contribution in [3.63, 3.8) is 0 Å². The van der Waals surface area contributed by atoms with Crippen molar-refractivity contribution in [3.05, 3.63) is 11.6 Å². The van der Waals surface area contributed by atoms with E-state index >= 15 is 0 Å². The molecule has 0 spiro atoms. The van der Waals surface area contributed by atoms with E-state index in [-0.39, 0.29) is 36.4 Å². The number of hydrogen-bond donors (Lipinski definition) is 6. The van der Waals surface area contributed by atoms with Gasteiger partial charge in [0.25, 0.3) is 0 Å². The zero-order chi connectivity index (χ0) is 35.6. The number of carbonyl (C=O) groups is 1. The third-order valence-corrected chi connectivity index (χ3v) is 14.3. The molecule has 0 amide bonds. The van der Waals surface area contributed by atoms with Gasteiger partial charge in [0.2, 0.25) is 0 Å². The molecule has 11 nitrogen and oxygen atoms in total. The van der Waals surface area contributed by atoms with E-state index < -0.39 is 72.1 Å². The highest BCUT2D eigenvalue weighted by Gasteiger charge is 2.70. The molecular weight excluding hydrogens is 632 g/mol. The average Bonchev–Trinajstić information content (AvgIpc) is 3.29. The van der Waals surface area contributed by atoms with Crippen molar-refractivity contribution in [2.24, 2.45) is 46.3 Å². The Balaban J connectivity index is 1.28. The van der Waals surface area contributed by atoms with Gasteiger partial charge in [-0.2, -0.15) is 0 Å². The maximum Gasteiger partial charge on any atom is 0.186 e. The minimum absolute atomic E-state index is 0.0102. The van der Waals surface area contributed by atoms with Crippen LogP contribution in [0.3, 0.4) is 0 Å². The summed E-state index contributed by atoms with van der Waals surface area (Å²) in [4.78, 5) is 13.9. The van der Waals surface area contributed by atoms with E-state index in [0.29, 0.717) is 30.6 Å². The lowest BCUT2D eigenvalue weighted by atomic mass is 9.46. The topological polar surface area (TPSA) is 175 Å². The zero-order valence-corrected chi connectivity index (χ0v) is 30.2. The van der Waals surface area contributed by atoms with Crippen LogP contribution in [-0.4, -0.2) is 111 Å². The molecule has 49 heavy (non-hydrogen) atoms. The number of ether oxygens (including phenoxy) is 4. The summed E-state index contributed by atoms with van der Waals surface area (Å²) in [5, 5.41) is 65.2. The number of fused-ring (bicyclic) bond motifs is 5. The first-order valence-electron chi connectivity index (χ1n) is 18.9. The van der Waals surface area contributed by atoms with Gasteiger partial charge < -0.3 is 49.6 Å². The summed E-state index contributed by atoms with van der Waals surface area (Å²) in [6.45, 7) is 12.0. The van der Waals surface area contributed by atoms with Crippen LogP contribution in [0.2, 0.25) is 0 Å². The smallest absolute Gasteiger partial charge is 0.186 e. The molecule has 0 aromatic carbocycles. The van der Waals surface area contributed by atoms with Gasteiger partial charge >= 0.3 is 0 Å². The minimum atomic E-state index is -1.52. The number of ketones is 1. The summed E-state index contributed by atoms with van der Waals surface area (Å²) in [7, 11) is 0. The molecule has 2 heterocycles. The predicted molar refractivity (Wildman–Crippen MR) is 179 cm³/mol. The molecule has 2 aliphatic heterocycles. The lowest BCUT2D eigenvalue weighted by molar-refractivity contribution is -0.334. The lowest BCUT2D eigenvalue weighted by Crippen LogP contribution is -2.62. The lowest BCUT2D eigenvalue weighted by Gasteiger charge is -2.59. The molecule has 280 valence electrons. The van der Waals surface area contributed by atoms with Crippen molar-refractivity contribution in [2.75, 3.05) is 13.2 Å². The Kier molecular flexibility index (Phi) is 10.9. The molecule has 0 radical (unpaired) electrons. The number of Topliss-reactive ketones (excluding diaryl/α,β-unsaturated/α-hetero) is 1. The first kappa shape index (κ1) is 37.8. The van der Waals surface area contributed by atoms with Gasteiger partial charge in [-0.25, -0.2) is 0 Å². The fourth-order valence-electron chi connectivity index (χ4n) is 11.0. The van der Waals surface area contributed by atoms with Crippen molar-refractivity contribution in [1.29, 1.82) is 0 Å². The second kappa shape index (κ2) is 14.1. The first-order chi connectivity index (χ1) is 23.0. The van der Waals surface area contributed by atoms with E-state index in [2.05, 4.69) is 33.8 Å². The normalized spacial score (nSPS) is 50.6. The quantitative estimate of drug-likeness (QED) is 0.196. The Labute approximate surface area is 291 Å². The van der Waals surface area contributed by atoms with Crippen LogP contribution in [0, 0.1) is 46.3 Å². The molecule has 0 bridgehead atoms. The number of hydrogen-bond acceptors (Lipinski definition) is 11. The van der Waals surface area contributed by atoms with E-state index in [4.69, 9.17) is 18.9 Å². The fraction of sp³-hybridized carbons (Fsp3) is 0.921. The third kappa shape index (κ3) is 6.40. The summed E-state index contributed by atoms with van der Waals surface area (Å²) in [5.41, 5.74) is -0.678. The minimum Gasteiger partial charge on any atom is -0.393 e. The van der Waals surface area contributed by atoms with Gasteiger partial charge in [0.05, 0.1) is 31.5 Å². The second-order valence-corrected chi connectivity index (χ2v) is 17.4. The number of aliphatic hydroxyl groups excluding tert-OH is 5. The van der Waals surface area contributed by atoms with Gasteiger partial charge in [-0.3, -0.25) is 4.79 Å². The Morgan fingerprint density at radius 3 is 2.35 bits per heavy atom. The highest BCUT2D eigenvalue weighted by atomic mass is 16.7. The molecule has 6 N–H and O–H groups in total. The maximum absolute atomic E-state index is 13.9. The number of allylic oxidation sites excluding steroid dienone is 1. The van der Waals surface area contributed by atoms with Crippen molar-refractivity contribution in [1.82, 2.24) is 0 Å². The molecule has 3 saturated carbocycles. The van der Waals surface area contributed by atoms with Gasteiger partial charge in [0.15, 0.2) is 12.6 Å². The standard InChI is InChI=1S/C38H62O11/c1-19(2)7-10-27(40)21(4)38(45)30(48-34-20(3)33(29(42)18-46-34)49-35-32(44)31(43)28(41)17-47-35)16-26-24-9-8-22-15-23(39)11-13-36(22,5)25(24)12-14-37(26,38)6/h8,19-21,23-26,28-35,39,41-45H,7,9-18H2,1-6H3/t20?,21-,23+,24-,25?,26+,28?,29?,30+,31?,32?,33?,34?,35?,36+,37+,38-/m1/s1. The second-order valence-electron chi connectivity index (χ2n) is 17.4. The van der Waals surface area contributed by atoms with Gasteiger partial charge in [-0.1, -0.05) is 53.2 Å². The van der Waals surface area contributed by atoms with Gasteiger partial charge in [0.1, 0.15) is 35.8 Å². The van der Waals surface area contributed by atoms with Gasteiger partial charge in [0, 0.05) is 23.7 Å². The van der Waals surface area contributed by atoms with E-state index in [1.807, 2.05) is 6.92 Å². The fourth-order valence-corrected chi connectivity index (χ4v) is 11.0. The van der Waals surface area contributed by atoms with Crippen LogP contribution in [-0.2, 0) is 23.7 Å². The van der Waals surface area contributed by atoms with Crippen LogP contribution in [0.4, 0.5) is 0 Å². The molecular formula is C38H62O11. The molecule has 6 rings (SSSR count). The van der Waals surface area contributed by atoms with Crippen molar-refractivity contribution in [2.45, 2.75) is 160 Å². The monoisotopic (exact) mass is 694 g/mol. The Morgan fingerprint density at radius 2 is 1.63 bits per heavy atom. The van der Waals surface area contributed by atoms with E-state index in [9.17, 15) is 35.4 Å². The highest BCUT2D eigenvalue weighted by Crippen LogP contribution is 2.69. The van der Waals surface area contributed by atoms with E-state index in [1.165, 1.54) is 5.57 Å². The Morgan fingerprint density at radius 1 is 0.939 bits per heavy atom. The largest absolute Gasteiger partial charge is 0.393 e. The molecule has 0 aromatic rings. The predicted octanol–water partition coefficient (Wildman–Crippen LogP) is 2.86. The molecule has 17 atom stereocenters. The summed E-state index contributed by atoms with van der Waals surface area (Å²) in [6, 6.07) is 0. The van der Waals surface area contributed by atoms with Crippen LogP contribution < -0.4 is 0 Å². The summed E-state index contributed by atoms with van der Waals surface area (Å²) in [6.07, 6.45) is -0.274. The number of carbonyl (C=O) groups excluding carboxylic acids is 1. The number of aliphatic hydroxyl groups is 6. The van der Waals surface area contributed by atoms with Crippen LogP contribution in [0.25, 0.3) is 0 Å². The van der Waals surface area contributed by atoms with Crippen molar-refractivity contribution < 1.29 is 54.4 Å². The first-order valence-corrected chi connectivity index (χ1v) is 18.9. The van der Waals surface area contributed by atoms with Crippen molar-refractivity contribution in [3.8, 4) is 0 Å². The van der Waals surface area contributed by atoms with Crippen LogP contribution in [0.5, 0.6) is 0 Å². The van der Waals surface area contributed by atoms with Crippen molar-refractivity contribution >= 4 is 5.78 Å². The Hall–Kier alpha value is -0.990. The zero-order valence-electron chi connectivity index (χ0n) is 30.2. The van der Waals surface area contributed by atoms with Gasteiger partial charge in [-0.15, -0.1) is 0 Å². The molecule has 0 aromatic heterocycles. The maximum atomic E-state index is 13.9. The molecule has 2 saturated heterocycles. The van der Waals surface area contributed by atoms with Crippen LogP contribution >= 0.6 is 0 Å². The molecule has 6 aliphatic rings. The molecule has 4 aliphatic carbocycles. The number of rotatable bonds is 9. The summed E-state index contributed by atoms with van der Waals surface area (Å²) in [5.74, 6) is -0.0424. The van der Waals surface area contributed by atoms with Crippen LogP contribution in [0.1, 0.15) is 99.3 Å².